The molecule has 3 heterocycles. The molecule has 4 aromatic rings. The van der Waals surface area contributed by atoms with Crippen molar-refractivity contribution in [1.29, 1.82) is 0 Å². The van der Waals surface area contributed by atoms with E-state index in [0.717, 1.165) is 16.7 Å². The molecule has 0 spiro atoms. The van der Waals surface area contributed by atoms with Crippen LogP contribution in [0, 0.1) is 5.82 Å². The van der Waals surface area contributed by atoms with Crippen LogP contribution in [0.5, 0.6) is 0 Å². The van der Waals surface area contributed by atoms with E-state index in [0.29, 0.717) is 36.5 Å². The lowest BCUT2D eigenvalue weighted by Crippen LogP contribution is -2.38. The SMILES string of the molecule is O=C(Nc1ccccc1F)c1nnc(C2CCN(S(=O)(=O)c3cccc4cccnc34)CC2)s1. The van der Waals surface area contributed by atoms with Gasteiger partial charge < -0.3 is 5.32 Å². The predicted molar refractivity (Wildman–Crippen MR) is 127 cm³/mol. The minimum absolute atomic E-state index is 0.00963. The Kier molecular flexibility index (Phi) is 6.07. The molecule has 0 atom stereocenters. The van der Waals surface area contributed by atoms with Gasteiger partial charge in [0, 0.05) is 30.6 Å². The minimum atomic E-state index is -3.70. The van der Waals surface area contributed by atoms with Gasteiger partial charge in [-0.05, 0) is 37.1 Å². The van der Waals surface area contributed by atoms with Gasteiger partial charge in [0.1, 0.15) is 15.7 Å². The smallest absolute Gasteiger partial charge is 0.286 e. The third-order valence-corrected chi connectivity index (χ3v) is 8.79. The molecule has 0 radical (unpaired) electrons. The third-order valence-electron chi connectivity index (χ3n) is 5.77. The summed E-state index contributed by atoms with van der Waals surface area (Å²) in [6.45, 7) is 0.652. The fraction of sp³-hybridized carbons (Fsp3) is 0.217. The van der Waals surface area contributed by atoms with Gasteiger partial charge >= 0.3 is 0 Å². The molecule has 5 rings (SSSR count). The molecule has 1 saturated heterocycles. The molecule has 1 aliphatic heterocycles. The second kappa shape index (κ2) is 9.16. The van der Waals surface area contributed by atoms with E-state index in [4.69, 9.17) is 0 Å². The van der Waals surface area contributed by atoms with Crippen molar-refractivity contribution in [1.82, 2.24) is 19.5 Å². The van der Waals surface area contributed by atoms with Crippen LogP contribution in [-0.2, 0) is 10.0 Å². The molecule has 1 fully saturated rings. The lowest BCUT2D eigenvalue weighted by atomic mass is 9.99. The van der Waals surface area contributed by atoms with E-state index in [-0.39, 0.29) is 21.5 Å². The second-order valence-electron chi connectivity index (χ2n) is 7.89. The number of hydrogen-bond donors (Lipinski definition) is 1. The lowest BCUT2D eigenvalue weighted by Gasteiger charge is -2.30. The van der Waals surface area contributed by atoms with E-state index >= 15 is 0 Å². The van der Waals surface area contributed by atoms with E-state index in [2.05, 4.69) is 20.5 Å². The summed E-state index contributed by atoms with van der Waals surface area (Å²) in [6, 6.07) is 14.6. The van der Waals surface area contributed by atoms with Crippen LogP contribution in [0.3, 0.4) is 0 Å². The highest BCUT2D eigenvalue weighted by molar-refractivity contribution is 7.89. The van der Waals surface area contributed by atoms with Gasteiger partial charge in [0.15, 0.2) is 0 Å². The largest absolute Gasteiger partial charge is 0.317 e. The highest BCUT2D eigenvalue weighted by Gasteiger charge is 2.33. The van der Waals surface area contributed by atoms with E-state index in [1.54, 1.807) is 30.5 Å². The fourth-order valence-corrected chi connectivity index (χ4v) is 6.54. The summed E-state index contributed by atoms with van der Waals surface area (Å²) in [7, 11) is -3.70. The van der Waals surface area contributed by atoms with E-state index in [1.807, 2.05) is 12.1 Å². The molecule has 174 valence electrons. The zero-order valence-corrected chi connectivity index (χ0v) is 19.5. The Morgan fingerprint density at radius 1 is 1.03 bits per heavy atom. The Morgan fingerprint density at radius 2 is 1.79 bits per heavy atom. The number of nitrogens with one attached hydrogen (secondary N) is 1. The lowest BCUT2D eigenvalue weighted by molar-refractivity contribution is 0.102. The number of anilines is 1. The number of aromatic nitrogens is 3. The Hall–Kier alpha value is -3.28. The number of halogens is 1. The van der Waals surface area contributed by atoms with Gasteiger partial charge in [0.2, 0.25) is 15.0 Å². The predicted octanol–water partition coefficient (Wildman–Crippen LogP) is 4.05. The van der Waals surface area contributed by atoms with Crippen LogP contribution in [0.25, 0.3) is 10.9 Å². The first-order chi connectivity index (χ1) is 16.4. The average Bonchev–Trinajstić information content (AvgIpc) is 3.36. The fourth-order valence-electron chi connectivity index (χ4n) is 4.00. The molecule has 0 bridgehead atoms. The normalized spacial score (nSPS) is 15.4. The molecular formula is C23H20FN5O3S2. The molecule has 0 saturated carbocycles. The first-order valence-electron chi connectivity index (χ1n) is 10.7. The summed E-state index contributed by atoms with van der Waals surface area (Å²) in [5, 5.41) is 12.2. The number of sulfonamides is 1. The van der Waals surface area contributed by atoms with Crippen molar-refractivity contribution in [2.75, 3.05) is 18.4 Å². The number of para-hydroxylation sites is 2. The monoisotopic (exact) mass is 497 g/mol. The summed E-state index contributed by atoms with van der Waals surface area (Å²) < 4.78 is 41.9. The molecule has 2 aromatic carbocycles. The number of nitrogens with zero attached hydrogens (tertiary/aromatic N) is 4. The maximum absolute atomic E-state index is 13.8. The molecule has 34 heavy (non-hydrogen) atoms. The van der Waals surface area contributed by atoms with Gasteiger partial charge in [-0.1, -0.05) is 41.7 Å². The topological polar surface area (TPSA) is 105 Å². The van der Waals surface area contributed by atoms with Crippen molar-refractivity contribution < 1.29 is 17.6 Å². The van der Waals surface area contributed by atoms with E-state index < -0.39 is 21.7 Å². The van der Waals surface area contributed by atoms with Crippen molar-refractivity contribution in [2.45, 2.75) is 23.7 Å². The molecule has 1 amide bonds. The zero-order valence-electron chi connectivity index (χ0n) is 17.9. The summed E-state index contributed by atoms with van der Waals surface area (Å²) in [4.78, 5) is 16.9. The molecule has 8 nitrogen and oxygen atoms in total. The molecular weight excluding hydrogens is 477 g/mol. The second-order valence-corrected chi connectivity index (χ2v) is 10.8. The standard InChI is InChI=1S/C23H20FN5O3S2/c24-17-7-1-2-8-18(17)26-21(30)23-28-27-22(33-23)16-10-13-29(14-11-16)34(31,32)19-9-3-5-15-6-4-12-25-20(15)19/h1-9,12,16H,10-11,13-14H2,(H,26,30). The van der Waals surface area contributed by atoms with Gasteiger partial charge in [0.05, 0.1) is 11.2 Å². The third kappa shape index (κ3) is 4.29. The molecule has 1 aliphatic rings. The number of amides is 1. The van der Waals surface area contributed by atoms with Gasteiger partial charge in [-0.25, -0.2) is 12.8 Å². The Bertz CT molecular complexity index is 1460. The van der Waals surface area contributed by atoms with E-state index in [9.17, 15) is 17.6 Å². The number of hydrogen-bond acceptors (Lipinski definition) is 7. The molecule has 0 aliphatic carbocycles. The van der Waals surface area contributed by atoms with Crippen molar-refractivity contribution in [2.24, 2.45) is 0 Å². The number of piperidine rings is 1. The average molecular weight is 498 g/mol. The molecule has 0 unspecified atom stereocenters. The van der Waals surface area contributed by atoms with Crippen molar-refractivity contribution in [3.63, 3.8) is 0 Å². The highest BCUT2D eigenvalue weighted by Crippen LogP contribution is 2.33. The number of benzene rings is 2. The van der Waals surface area contributed by atoms with Crippen molar-refractivity contribution in [3.8, 4) is 0 Å². The number of carbonyl (C=O) groups is 1. The number of fused-ring (bicyclic) bond motifs is 1. The number of pyridine rings is 1. The zero-order chi connectivity index (χ0) is 23.7. The number of rotatable bonds is 5. The quantitative estimate of drug-likeness (QED) is 0.446. The first-order valence-corrected chi connectivity index (χ1v) is 12.9. The Morgan fingerprint density at radius 3 is 2.59 bits per heavy atom. The Balaban J connectivity index is 1.27. The first kappa shape index (κ1) is 22.5. The van der Waals surface area contributed by atoms with Crippen LogP contribution in [0.1, 0.15) is 33.6 Å². The van der Waals surface area contributed by atoms with Crippen LogP contribution in [0.15, 0.2) is 65.7 Å². The summed E-state index contributed by atoms with van der Waals surface area (Å²) in [5.74, 6) is -1.07. The molecule has 11 heteroatoms. The summed E-state index contributed by atoms with van der Waals surface area (Å²) in [6.07, 6.45) is 2.70. The van der Waals surface area contributed by atoms with E-state index in [1.165, 1.54) is 22.5 Å². The van der Waals surface area contributed by atoms with Crippen LogP contribution >= 0.6 is 11.3 Å². The van der Waals surface area contributed by atoms with Gasteiger partial charge in [0.25, 0.3) is 5.91 Å². The van der Waals surface area contributed by atoms with Gasteiger partial charge in [-0.3, -0.25) is 9.78 Å². The van der Waals surface area contributed by atoms with Crippen LogP contribution in [0.2, 0.25) is 0 Å². The van der Waals surface area contributed by atoms with Crippen LogP contribution < -0.4 is 5.32 Å². The summed E-state index contributed by atoms with van der Waals surface area (Å²) in [5.41, 5.74) is 0.535. The number of carbonyl (C=O) groups excluding carboxylic acids is 1. The van der Waals surface area contributed by atoms with Gasteiger partial charge in [-0.15, -0.1) is 10.2 Å². The van der Waals surface area contributed by atoms with Crippen molar-refractivity contribution in [3.05, 3.63) is 76.6 Å². The van der Waals surface area contributed by atoms with Crippen LogP contribution in [0.4, 0.5) is 10.1 Å². The minimum Gasteiger partial charge on any atom is -0.317 e. The van der Waals surface area contributed by atoms with Crippen molar-refractivity contribution >= 4 is 43.9 Å². The molecule has 2 aromatic heterocycles. The Labute approximate surface area is 199 Å². The maximum atomic E-state index is 13.8. The molecule has 1 N–H and O–H groups in total. The summed E-state index contributed by atoms with van der Waals surface area (Å²) >= 11 is 1.14. The maximum Gasteiger partial charge on any atom is 0.286 e. The van der Waals surface area contributed by atoms with Gasteiger partial charge in [-0.2, -0.15) is 4.31 Å². The highest BCUT2D eigenvalue weighted by atomic mass is 32.2. The van der Waals surface area contributed by atoms with Crippen LogP contribution in [-0.4, -0.2) is 46.9 Å².